The van der Waals surface area contributed by atoms with Crippen molar-refractivity contribution in [1.82, 2.24) is 0 Å². The molecule has 4 rings (SSSR count). The van der Waals surface area contributed by atoms with Crippen molar-refractivity contribution in [3.05, 3.63) is 77.5 Å². The monoisotopic (exact) mass is 342 g/mol. The van der Waals surface area contributed by atoms with Gasteiger partial charge in [0.1, 0.15) is 7.05 Å². The Morgan fingerprint density at radius 3 is 2.27 bits per heavy atom. The van der Waals surface area contributed by atoms with Gasteiger partial charge in [-0.25, -0.2) is 4.57 Å². The van der Waals surface area contributed by atoms with E-state index >= 15 is 0 Å². The molecule has 0 bridgehead atoms. The number of aryl methyl sites for hydroxylation is 3. The number of benzene rings is 2. The summed E-state index contributed by atoms with van der Waals surface area (Å²) in [5.74, 6) is 0.756. The molecule has 1 aliphatic carbocycles. The molecule has 3 aromatic rings. The Morgan fingerprint density at radius 1 is 0.808 bits per heavy atom. The van der Waals surface area contributed by atoms with Crippen LogP contribution in [0.1, 0.15) is 48.3 Å². The van der Waals surface area contributed by atoms with Crippen molar-refractivity contribution in [1.29, 1.82) is 0 Å². The zero-order valence-electron chi connectivity index (χ0n) is 16.1. The molecule has 1 aromatic heterocycles. The second kappa shape index (κ2) is 7.07. The fourth-order valence-corrected chi connectivity index (χ4v) is 4.41. The summed E-state index contributed by atoms with van der Waals surface area (Å²) in [7, 11) is 2.20. The minimum absolute atomic E-state index is 0.756. The highest BCUT2D eigenvalue weighted by Crippen LogP contribution is 2.36. The molecule has 1 fully saturated rings. The molecule has 0 N–H and O–H groups in total. The lowest BCUT2D eigenvalue weighted by Gasteiger charge is -2.14. The van der Waals surface area contributed by atoms with E-state index in [1.807, 2.05) is 0 Å². The van der Waals surface area contributed by atoms with Crippen molar-refractivity contribution in [3.63, 3.8) is 0 Å². The van der Waals surface area contributed by atoms with Gasteiger partial charge in [0.2, 0.25) is 5.69 Å². The maximum Gasteiger partial charge on any atom is 0.212 e. The maximum atomic E-state index is 2.39. The van der Waals surface area contributed by atoms with E-state index in [2.05, 4.69) is 86.3 Å². The predicted octanol–water partition coefficient (Wildman–Crippen LogP) is 6.12. The van der Waals surface area contributed by atoms with Gasteiger partial charge in [0.05, 0.1) is 0 Å². The van der Waals surface area contributed by atoms with Gasteiger partial charge >= 0.3 is 0 Å². The number of pyridine rings is 1. The van der Waals surface area contributed by atoms with Crippen molar-refractivity contribution in [2.24, 2.45) is 7.05 Å². The summed E-state index contributed by atoms with van der Waals surface area (Å²) in [5.41, 5.74) is 9.50. The predicted molar refractivity (Wildman–Crippen MR) is 109 cm³/mol. The van der Waals surface area contributed by atoms with Crippen LogP contribution in [0.15, 0.2) is 60.8 Å². The highest BCUT2D eigenvalue weighted by molar-refractivity contribution is 5.73. The van der Waals surface area contributed by atoms with E-state index < -0.39 is 0 Å². The third kappa shape index (κ3) is 3.19. The maximum absolute atomic E-state index is 2.39. The Kier molecular flexibility index (Phi) is 4.63. The van der Waals surface area contributed by atoms with Crippen molar-refractivity contribution in [3.8, 4) is 22.4 Å². The van der Waals surface area contributed by atoms with Crippen LogP contribution in [0.4, 0.5) is 0 Å². The summed E-state index contributed by atoms with van der Waals surface area (Å²) in [4.78, 5) is 0. The van der Waals surface area contributed by atoms with Crippen LogP contribution in [0.2, 0.25) is 0 Å². The lowest BCUT2D eigenvalue weighted by molar-refractivity contribution is -0.661. The van der Waals surface area contributed by atoms with Crippen LogP contribution in [0.3, 0.4) is 0 Å². The second-order valence-corrected chi connectivity index (χ2v) is 7.79. The van der Waals surface area contributed by atoms with Gasteiger partial charge in [-0.05, 0) is 60.9 Å². The van der Waals surface area contributed by atoms with Crippen molar-refractivity contribution >= 4 is 0 Å². The van der Waals surface area contributed by atoms with E-state index in [0.29, 0.717) is 0 Å². The smallest absolute Gasteiger partial charge is 0.201 e. The lowest BCUT2D eigenvalue weighted by Crippen LogP contribution is -2.32. The molecule has 0 spiro atoms. The van der Waals surface area contributed by atoms with Gasteiger partial charge in [-0.15, -0.1) is 0 Å². The van der Waals surface area contributed by atoms with Crippen LogP contribution in [-0.4, -0.2) is 0 Å². The fourth-order valence-electron chi connectivity index (χ4n) is 4.41. The van der Waals surface area contributed by atoms with Gasteiger partial charge in [0, 0.05) is 17.2 Å². The molecule has 1 heteroatoms. The average Bonchev–Trinajstić information content (AvgIpc) is 3.19. The third-order valence-corrected chi connectivity index (χ3v) is 5.94. The van der Waals surface area contributed by atoms with E-state index in [1.54, 1.807) is 5.56 Å². The van der Waals surface area contributed by atoms with Gasteiger partial charge in [0.25, 0.3) is 0 Å². The van der Waals surface area contributed by atoms with Gasteiger partial charge < -0.3 is 0 Å². The average molecular weight is 343 g/mol. The molecule has 1 aliphatic rings. The molecule has 0 atom stereocenters. The van der Waals surface area contributed by atoms with Crippen molar-refractivity contribution in [2.75, 3.05) is 0 Å². The summed E-state index contributed by atoms with van der Waals surface area (Å²) in [6.45, 7) is 4.50. The molecule has 0 unspecified atom stereocenters. The van der Waals surface area contributed by atoms with E-state index in [1.165, 1.54) is 59.2 Å². The minimum Gasteiger partial charge on any atom is -0.201 e. The van der Waals surface area contributed by atoms with E-state index in [-0.39, 0.29) is 0 Å². The molecule has 0 aliphatic heterocycles. The zero-order chi connectivity index (χ0) is 18.1. The van der Waals surface area contributed by atoms with Gasteiger partial charge in [-0.1, -0.05) is 55.3 Å². The fraction of sp³-hybridized carbons (Fsp3) is 0.320. The van der Waals surface area contributed by atoms with Gasteiger partial charge in [0.15, 0.2) is 6.20 Å². The summed E-state index contributed by atoms with van der Waals surface area (Å²) in [5, 5.41) is 0. The van der Waals surface area contributed by atoms with E-state index in [4.69, 9.17) is 0 Å². The lowest BCUT2D eigenvalue weighted by atomic mass is 9.92. The van der Waals surface area contributed by atoms with Crippen LogP contribution in [0, 0.1) is 13.8 Å². The second-order valence-electron chi connectivity index (χ2n) is 7.79. The Labute approximate surface area is 157 Å². The molecule has 132 valence electrons. The SMILES string of the molecule is Cc1ccc(-c2ccccc2)cc1-c1cc(C)c(C2CCCC2)c[n+]1C. The number of nitrogens with zero attached hydrogens (tertiary/aromatic N) is 1. The molecule has 1 heterocycles. The first kappa shape index (κ1) is 17.0. The first-order chi connectivity index (χ1) is 12.6. The highest BCUT2D eigenvalue weighted by Gasteiger charge is 2.23. The Bertz CT molecular complexity index is 918. The normalized spacial score (nSPS) is 14.7. The topological polar surface area (TPSA) is 3.88 Å². The summed E-state index contributed by atoms with van der Waals surface area (Å²) < 4.78 is 2.33. The van der Waals surface area contributed by atoms with Crippen molar-refractivity contribution < 1.29 is 4.57 Å². The summed E-state index contributed by atoms with van der Waals surface area (Å²) in [6, 6.07) is 19.9. The molecule has 0 radical (unpaired) electrons. The number of hydrogen-bond acceptors (Lipinski definition) is 0. The number of aromatic nitrogens is 1. The van der Waals surface area contributed by atoms with Crippen LogP contribution in [-0.2, 0) is 7.05 Å². The first-order valence-electron chi connectivity index (χ1n) is 9.80. The quantitative estimate of drug-likeness (QED) is 0.505. The summed E-state index contributed by atoms with van der Waals surface area (Å²) >= 11 is 0. The Morgan fingerprint density at radius 2 is 1.54 bits per heavy atom. The molecule has 1 nitrogen and oxygen atoms in total. The van der Waals surface area contributed by atoms with Crippen LogP contribution in [0.5, 0.6) is 0 Å². The molecule has 0 saturated heterocycles. The molecule has 2 aromatic carbocycles. The number of hydrogen-bond donors (Lipinski definition) is 0. The molecular formula is C25H28N+. The standard InChI is InChI=1S/C25H28N/c1-18-13-14-22(20-9-5-4-6-10-20)16-23(18)25-15-19(2)24(17-26(25)3)21-11-7-8-12-21/h4-6,9-10,13-17,21H,7-8,11-12H2,1-3H3/q+1. The van der Waals surface area contributed by atoms with Crippen LogP contribution < -0.4 is 4.57 Å². The molecule has 0 amide bonds. The zero-order valence-corrected chi connectivity index (χ0v) is 16.1. The Balaban J connectivity index is 1.79. The van der Waals surface area contributed by atoms with Gasteiger partial charge in [-0.3, -0.25) is 0 Å². The number of rotatable bonds is 3. The molecule has 1 saturated carbocycles. The minimum atomic E-state index is 0.756. The molecular weight excluding hydrogens is 314 g/mol. The Hall–Kier alpha value is -2.41. The van der Waals surface area contributed by atoms with Crippen LogP contribution in [0.25, 0.3) is 22.4 Å². The van der Waals surface area contributed by atoms with E-state index in [0.717, 1.165) is 5.92 Å². The first-order valence-corrected chi connectivity index (χ1v) is 9.80. The third-order valence-electron chi connectivity index (χ3n) is 5.94. The van der Waals surface area contributed by atoms with Crippen LogP contribution >= 0.6 is 0 Å². The summed E-state index contributed by atoms with van der Waals surface area (Å²) in [6.07, 6.45) is 7.85. The van der Waals surface area contributed by atoms with E-state index in [9.17, 15) is 0 Å². The van der Waals surface area contributed by atoms with Crippen molar-refractivity contribution in [2.45, 2.75) is 45.4 Å². The van der Waals surface area contributed by atoms with Gasteiger partial charge in [-0.2, -0.15) is 0 Å². The highest BCUT2D eigenvalue weighted by atomic mass is 14.9. The molecule has 26 heavy (non-hydrogen) atoms. The largest absolute Gasteiger partial charge is 0.212 e.